The van der Waals surface area contributed by atoms with E-state index in [1.807, 2.05) is 0 Å². The second kappa shape index (κ2) is 9.17. The van der Waals surface area contributed by atoms with Gasteiger partial charge in [0.2, 0.25) is 0 Å². The van der Waals surface area contributed by atoms with Gasteiger partial charge in [0.25, 0.3) is 0 Å². The van der Waals surface area contributed by atoms with Crippen LogP contribution >= 0.6 is 0 Å². The van der Waals surface area contributed by atoms with Gasteiger partial charge in [-0.05, 0) is 74.8 Å². The van der Waals surface area contributed by atoms with E-state index in [-0.39, 0.29) is 10.8 Å². The van der Waals surface area contributed by atoms with Crippen LogP contribution in [-0.2, 0) is 10.8 Å². The van der Waals surface area contributed by atoms with E-state index in [0.29, 0.717) is 0 Å². The lowest BCUT2D eigenvalue weighted by molar-refractivity contribution is 0.623. The fourth-order valence-electron chi connectivity index (χ4n) is 9.10. The first-order valence-electron chi connectivity index (χ1n) is 16.9. The van der Waals surface area contributed by atoms with Crippen LogP contribution in [0.2, 0.25) is 0 Å². The van der Waals surface area contributed by atoms with Gasteiger partial charge in [-0.2, -0.15) is 0 Å². The van der Waals surface area contributed by atoms with Gasteiger partial charge in [-0.25, -0.2) is 0 Å². The van der Waals surface area contributed by atoms with Crippen LogP contribution in [-0.4, -0.2) is 17.7 Å². The van der Waals surface area contributed by atoms with Gasteiger partial charge in [0.1, 0.15) is 0 Å². The summed E-state index contributed by atoms with van der Waals surface area (Å²) in [5, 5.41) is 8.58. The quantitative estimate of drug-likeness (QED) is 0.205. The molecule has 5 aromatic carbocycles. The van der Waals surface area contributed by atoms with Crippen molar-refractivity contribution in [3.8, 4) is 39.1 Å². The van der Waals surface area contributed by atoms with Crippen molar-refractivity contribution >= 4 is 34.4 Å². The lowest BCUT2D eigenvalue weighted by Gasteiger charge is -2.26. The number of anilines is 2. The molecule has 1 aromatic heterocycles. The predicted molar refractivity (Wildman–Crippen MR) is 199 cm³/mol. The summed E-state index contributed by atoms with van der Waals surface area (Å²) in [7, 11) is 0. The minimum absolute atomic E-state index is 0.0622. The first-order chi connectivity index (χ1) is 22.8. The first kappa shape index (κ1) is 26.9. The molecular weight excluding hydrogens is 571 g/mol. The van der Waals surface area contributed by atoms with E-state index in [4.69, 9.17) is 0 Å². The molecule has 47 heavy (non-hydrogen) atoms. The average Bonchev–Trinajstić information content (AvgIpc) is 3.65. The molecule has 0 spiro atoms. The molecule has 4 aliphatic rings. The lowest BCUT2D eigenvalue weighted by Crippen LogP contribution is -2.20. The summed E-state index contributed by atoms with van der Waals surface area (Å²) in [4.78, 5) is 0. The standard InChI is InChI=1S/C44H37N3/c1-43(2)35-15-7-5-12-29(35)33-24-34-38(25-37(33)43)47(42-39(34)31-13-6-8-16-36(31)44(42,3)4)28-19-17-26(18-20-28)32-23-27-11-9-21-45-40(27)41-30(32)14-10-22-46-41/h5-20,23-25,45-46H,21-22H2,1-4H3. The summed E-state index contributed by atoms with van der Waals surface area (Å²) in [6, 6.07) is 34.7. The highest BCUT2D eigenvalue weighted by Gasteiger charge is 2.42. The van der Waals surface area contributed by atoms with Crippen molar-refractivity contribution < 1.29 is 0 Å². The third-order valence-corrected chi connectivity index (χ3v) is 11.3. The van der Waals surface area contributed by atoms with Gasteiger partial charge >= 0.3 is 0 Å². The van der Waals surface area contributed by atoms with Gasteiger partial charge in [0.15, 0.2) is 0 Å². The van der Waals surface area contributed by atoms with Crippen molar-refractivity contribution in [2.45, 2.75) is 38.5 Å². The molecule has 0 saturated carbocycles. The number of fused-ring (bicyclic) bond motifs is 11. The van der Waals surface area contributed by atoms with E-state index in [9.17, 15) is 0 Å². The average molecular weight is 608 g/mol. The maximum Gasteiger partial charge on any atom is 0.0664 e. The van der Waals surface area contributed by atoms with E-state index in [1.165, 1.54) is 94.9 Å². The molecule has 3 heterocycles. The number of rotatable bonds is 2. The molecule has 0 amide bonds. The van der Waals surface area contributed by atoms with Crippen molar-refractivity contribution in [2.75, 3.05) is 23.7 Å². The molecule has 0 atom stereocenters. The molecule has 3 nitrogen and oxygen atoms in total. The highest BCUT2D eigenvalue weighted by atomic mass is 15.0. The van der Waals surface area contributed by atoms with Crippen molar-refractivity contribution in [1.29, 1.82) is 0 Å². The van der Waals surface area contributed by atoms with E-state index >= 15 is 0 Å². The van der Waals surface area contributed by atoms with Crippen molar-refractivity contribution in [2.24, 2.45) is 0 Å². The Hall–Kier alpha value is -5.28. The number of hydrogen-bond acceptors (Lipinski definition) is 2. The Bertz CT molecular complexity index is 2390. The summed E-state index contributed by atoms with van der Waals surface area (Å²) in [6.45, 7) is 11.3. The van der Waals surface area contributed by atoms with Gasteiger partial charge in [-0.3, -0.25) is 0 Å². The molecule has 0 radical (unpaired) electrons. The number of nitrogens with zero attached hydrogens (tertiary/aromatic N) is 1. The van der Waals surface area contributed by atoms with Gasteiger partial charge in [0, 0.05) is 57.4 Å². The van der Waals surface area contributed by atoms with E-state index in [1.54, 1.807) is 0 Å². The number of aromatic nitrogens is 1. The molecule has 228 valence electrons. The normalized spacial score (nSPS) is 16.9. The zero-order chi connectivity index (χ0) is 31.7. The third-order valence-electron chi connectivity index (χ3n) is 11.3. The maximum absolute atomic E-state index is 3.65. The molecule has 10 rings (SSSR count). The van der Waals surface area contributed by atoms with E-state index < -0.39 is 0 Å². The van der Waals surface area contributed by atoms with Gasteiger partial charge in [-0.15, -0.1) is 0 Å². The van der Waals surface area contributed by atoms with Crippen LogP contribution in [0, 0.1) is 0 Å². The van der Waals surface area contributed by atoms with Crippen LogP contribution in [0.1, 0.15) is 61.2 Å². The van der Waals surface area contributed by atoms with Crippen molar-refractivity contribution in [3.05, 3.63) is 137 Å². The van der Waals surface area contributed by atoms with E-state index in [2.05, 4.69) is 158 Å². The molecule has 0 fully saturated rings. The molecular formula is C44H37N3. The second-order valence-electron chi connectivity index (χ2n) is 14.6. The topological polar surface area (TPSA) is 29.0 Å². The summed E-state index contributed by atoms with van der Waals surface area (Å²) in [5.41, 5.74) is 20.8. The Balaban J connectivity index is 1.21. The Morgan fingerprint density at radius 2 is 1.28 bits per heavy atom. The summed E-state index contributed by atoms with van der Waals surface area (Å²) < 4.78 is 2.57. The zero-order valence-electron chi connectivity index (χ0n) is 27.3. The molecule has 6 aromatic rings. The van der Waals surface area contributed by atoms with Gasteiger partial charge in [0.05, 0.1) is 16.9 Å². The maximum atomic E-state index is 3.65. The van der Waals surface area contributed by atoms with Crippen LogP contribution in [0.15, 0.2) is 103 Å². The monoisotopic (exact) mass is 607 g/mol. The fraction of sp³-hybridized carbons (Fsp3) is 0.182. The first-order valence-corrected chi connectivity index (χ1v) is 16.9. The Morgan fingerprint density at radius 3 is 2.06 bits per heavy atom. The molecule has 0 saturated heterocycles. The smallest absolute Gasteiger partial charge is 0.0664 e. The third kappa shape index (κ3) is 3.47. The molecule has 2 N–H and O–H groups in total. The largest absolute Gasteiger partial charge is 0.379 e. The number of hydrogen-bond donors (Lipinski definition) is 2. The molecule has 2 aliphatic heterocycles. The summed E-state index contributed by atoms with van der Waals surface area (Å²) in [6.07, 6.45) is 8.95. The number of nitrogens with one attached hydrogen (secondary N) is 2. The fourth-order valence-corrected chi connectivity index (χ4v) is 9.10. The van der Waals surface area contributed by atoms with Crippen LogP contribution < -0.4 is 10.6 Å². The Labute approximate surface area is 276 Å². The minimum atomic E-state index is -0.144. The highest BCUT2D eigenvalue weighted by Crippen LogP contribution is 2.57. The predicted octanol–water partition coefficient (Wildman–Crippen LogP) is 10.8. The van der Waals surface area contributed by atoms with Crippen molar-refractivity contribution in [1.82, 2.24) is 4.57 Å². The van der Waals surface area contributed by atoms with Crippen LogP contribution in [0.3, 0.4) is 0 Å². The molecule has 0 bridgehead atoms. The Morgan fingerprint density at radius 1 is 0.596 bits per heavy atom. The summed E-state index contributed by atoms with van der Waals surface area (Å²) in [5.74, 6) is 0. The van der Waals surface area contributed by atoms with Crippen LogP contribution in [0.5, 0.6) is 0 Å². The minimum Gasteiger partial charge on any atom is -0.379 e. The molecule has 2 aliphatic carbocycles. The van der Waals surface area contributed by atoms with E-state index in [0.717, 1.165) is 13.1 Å². The molecule has 3 heteroatoms. The SMILES string of the molecule is CC1(C)c2ccccc2-c2cc3c4c(n(-c5ccc(-c6cc7c(c8c6C=CCN8)NCC=C7)cc5)c3cc21)C(C)(C)c1ccccc1-4. The highest BCUT2D eigenvalue weighted by molar-refractivity contribution is 6.07. The molecule has 0 unspecified atom stereocenters. The van der Waals surface area contributed by atoms with Gasteiger partial charge in [-0.1, -0.05) is 113 Å². The zero-order valence-corrected chi connectivity index (χ0v) is 27.3. The number of benzene rings is 5. The van der Waals surface area contributed by atoms with Gasteiger partial charge < -0.3 is 15.2 Å². The second-order valence-corrected chi connectivity index (χ2v) is 14.6. The lowest BCUT2D eigenvalue weighted by atomic mass is 9.82. The Kier molecular flexibility index (Phi) is 5.24. The van der Waals surface area contributed by atoms with Crippen molar-refractivity contribution in [3.63, 3.8) is 0 Å². The van der Waals surface area contributed by atoms with Crippen LogP contribution in [0.4, 0.5) is 11.4 Å². The van der Waals surface area contributed by atoms with Crippen LogP contribution in [0.25, 0.3) is 62.1 Å². The summed E-state index contributed by atoms with van der Waals surface area (Å²) >= 11 is 0.